The van der Waals surface area contributed by atoms with E-state index in [4.69, 9.17) is 0 Å². The second-order valence-electron chi connectivity index (χ2n) is 5.72. The van der Waals surface area contributed by atoms with E-state index in [0.717, 1.165) is 10.9 Å². The van der Waals surface area contributed by atoms with Gasteiger partial charge >= 0.3 is 0 Å². The van der Waals surface area contributed by atoms with Gasteiger partial charge in [0.15, 0.2) is 0 Å². The molecule has 1 aromatic carbocycles. The summed E-state index contributed by atoms with van der Waals surface area (Å²) in [5.41, 5.74) is 1.58. The van der Waals surface area contributed by atoms with Crippen LogP contribution >= 0.6 is 0 Å². The van der Waals surface area contributed by atoms with Gasteiger partial charge in [0.05, 0.1) is 0 Å². The second kappa shape index (κ2) is 5.24. The van der Waals surface area contributed by atoms with Crippen molar-refractivity contribution in [2.24, 2.45) is 5.92 Å². The van der Waals surface area contributed by atoms with Crippen LogP contribution in [-0.4, -0.2) is 40.8 Å². The highest BCUT2D eigenvalue weighted by atomic mass is 16.2. The molecule has 0 bridgehead atoms. The number of nitrogens with one attached hydrogen (secondary N) is 2. The van der Waals surface area contributed by atoms with Crippen LogP contribution in [0.15, 0.2) is 30.5 Å². The minimum Gasteiger partial charge on any atom is -0.361 e. The lowest BCUT2D eigenvalue weighted by molar-refractivity contribution is -0.129. The second-order valence-corrected chi connectivity index (χ2v) is 5.72. The molecule has 0 aliphatic carbocycles. The van der Waals surface area contributed by atoms with E-state index in [-0.39, 0.29) is 17.7 Å². The molecule has 1 fully saturated rings. The van der Waals surface area contributed by atoms with Gasteiger partial charge in [0, 0.05) is 35.8 Å². The van der Waals surface area contributed by atoms with E-state index in [2.05, 4.69) is 10.3 Å². The van der Waals surface area contributed by atoms with Crippen LogP contribution in [0, 0.1) is 5.92 Å². The highest BCUT2D eigenvalue weighted by Crippen LogP contribution is 2.22. The van der Waals surface area contributed by atoms with E-state index in [1.165, 1.54) is 0 Å². The molecule has 2 N–H and O–H groups in total. The molecule has 1 saturated heterocycles. The lowest BCUT2D eigenvalue weighted by Gasteiger charge is -2.37. The molecule has 1 unspecified atom stereocenters. The van der Waals surface area contributed by atoms with Crippen molar-refractivity contribution >= 4 is 22.7 Å². The Bertz CT molecular complexity index is 690. The molecule has 3 rings (SSSR count). The van der Waals surface area contributed by atoms with Crippen LogP contribution in [0.1, 0.15) is 24.2 Å². The molecule has 2 amide bonds. The van der Waals surface area contributed by atoms with Crippen molar-refractivity contribution in [1.29, 1.82) is 0 Å². The zero-order valence-corrected chi connectivity index (χ0v) is 12.2. The zero-order valence-electron chi connectivity index (χ0n) is 12.2. The molecule has 110 valence electrons. The lowest BCUT2D eigenvalue weighted by atomic mass is 9.98. The van der Waals surface area contributed by atoms with E-state index in [1.807, 2.05) is 44.3 Å². The fourth-order valence-corrected chi connectivity index (χ4v) is 3.00. The Balaban J connectivity index is 2.00. The molecule has 1 aliphatic rings. The number of fused-ring (bicyclic) bond motifs is 1. The summed E-state index contributed by atoms with van der Waals surface area (Å²) in [6.07, 6.45) is 1.82. The Morgan fingerprint density at radius 2 is 2.14 bits per heavy atom. The molecule has 2 aromatic rings. The highest BCUT2D eigenvalue weighted by Gasteiger charge is 2.35. The van der Waals surface area contributed by atoms with Gasteiger partial charge in [-0.3, -0.25) is 9.59 Å². The number of nitrogens with zero attached hydrogens (tertiary/aromatic N) is 1. The lowest BCUT2D eigenvalue weighted by Crippen LogP contribution is -2.59. The number of aromatic nitrogens is 1. The topological polar surface area (TPSA) is 65.2 Å². The van der Waals surface area contributed by atoms with Crippen molar-refractivity contribution in [1.82, 2.24) is 15.2 Å². The van der Waals surface area contributed by atoms with Gasteiger partial charge in [0.2, 0.25) is 5.91 Å². The van der Waals surface area contributed by atoms with Crippen molar-refractivity contribution in [2.45, 2.75) is 19.9 Å². The molecule has 5 heteroatoms. The van der Waals surface area contributed by atoms with E-state index in [0.29, 0.717) is 18.7 Å². The van der Waals surface area contributed by atoms with Gasteiger partial charge in [-0.15, -0.1) is 0 Å². The van der Waals surface area contributed by atoms with Crippen LogP contribution in [0.2, 0.25) is 0 Å². The molecular formula is C16H19N3O2. The summed E-state index contributed by atoms with van der Waals surface area (Å²) in [6, 6.07) is 7.12. The van der Waals surface area contributed by atoms with Crippen LogP contribution in [0.5, 0.6) is 0 Å². The van der Waals surface area contributed by atoms with Crippen LogP contribution in [0.4, 0.5) is 0 Å². The minimum absolute atomic E-state index is 0.0640. The molecule has 21 heavy (non-hydrogen) atoms. The summed E-state index contributed by atoms with van der Waals surface area (Å²) in [6.45, 7) is 4.99. The number of carbonyl (C=O) groups is 2. The van der Waals surface area contributed by atoms with Crippen LogP contribution in [0.3, 0.4) is 0 Å². The number of rotatable bonds is 2. The average Bonchev–Trinajstić information content (AvgIpc) is 2.94. The summed E-state index contributed by atoms with van der Waals surface area (Å²) in [5.74, 6) is -0.0562. The Morgan fingerprint density at radius 3 is 2.90 bits per heavy atom. The third-order valence-corrected chi connectivity index (χ3v) is 3.97. The number of hydrogen-bond donors (Lipinski definition) is 2. The summed E-state index contributed by atoms with van der Waals surface area (Å²) in [4.78, 5) is 29.8. The standard InChI is InChI=1S/C16H19N3O2/c1-10(2)14-15(20)18-8-9-19(14)16(21)12-4-3-5-13-11(12)6-7-17-13/h3-7,10,14,17H,8-9H2,1-2H3,(H,18,20). The van der Waals surface area contributed by atoms with Gasteiger partial charge < -0.3 is 15.2 Å². The molecule has 2 heterocycles. The highest BCUT2D eigenvalue weighted by molar-refractivity contribution is 6.07. The maximum atomic E-state index is 12.9. The first-order valence-corrected chi connectivity index (χ1v) is 7.24. The molecular weight excluding hydrogens is 266 g/mol. The van der Waals surface area contributed by atoms with Gasteiger partial charge in [0.1, 0.15) is 6.04 Å². The van der Waals surface area contributed by atoms with Gasteiger partial charge in [0.25, 0.3) is 5.91 Å². The van der Waals surface area contributed by atoms with Crippen molar-refractivity contribution in [3.8, 4) is 0 Å². The first kappa shape index (κ1) is 13.7. The van der Waals surface area contributed by atoms with E-state index in [1.54, 1.807) is 4.90 Å². The van der Waals surface area contributed by atoms with Crippen LogP contribution < -0.4 is 5.32 Å². The van der Waals surface area contributed by atoms with Crippen LogP contribution in [0.25, 0.3) is 10.9 Å². The van der Waals surface area contributed by atoms with Crippen molar-refractivity contribution < 1.29 is 9.59 Å². The van der Waals surface area contributed by atoms with Crippen molar-refractivity contribution in [3.63, 3.8) is 0 Å². The Kier molecular flexibility index (Phi) is 3.41. The number of hydrogen-bond acceptors (Lipinski definition) is 2. The van der Waals surface area contributed by atoms with Gasteiger partial charge in [-0.25, -0.2) is 0 Å². The molecule has 5 nitrogen and oxygen atoms in total. The number of piperazine rings is 1. The predicted octanol–water partition coefficient (Wildman–Crippen LogP) is 1.76. The minimum atomic E-state index is -0.402. The summed E-state index contributed by atoms with van der Waals surface area (Å²) < 4.78 is 0. The maximum absolute atomic E-state index is 12.9. The molecule has 0 radical (unpaired) electrons. The molecule has 1 aliphatic heterocycles. The largest absolute Gasteiger partial charge is 0.361 e. The zero-order chi connectivity index (χ0) is 15.0. The molecule has 0 saturated carbocycles. The van der Waals surface area contributed by atoms with E-state index in [9.17, 15) is 9.59 Å². The first-order chi connectivity index (χ1) is 10.1. The SMILES string of the molecule is CC(C)C1C(=O)NCCN1C(=O)c1cccc2[nH]ccc12. The third kappa shape index (κ3) is 2.28. The summed E-state index contributed by atoms with van der Waals surface area (Å²) in [5, 5.41) is 3.74. The third-order valence-electron chi connectivity index (χ3n) is 3.97. The molecule has 0 spiro atoms. The first-order valence-electron chi connectivity index (χ1n) is 7.24. The predicted molar refractivity (Wildman–Crippen MR) is 81.0 cm³/mol. The van der Waals surface area contributed by atoms with Crippen LogP contribution in [-0.2, 0) is 4.79 Å². The van der Waals surface area contributed by atoms with E-state index < -0.39 is 6.04 Å². The molecule has 1 atom stereocenters. The number of H-pyrrole nitrogens is 1. The fourth-order valence-electron chi connectivity index (χ4n) is 3.00. The van der Waals surface area contributed by atoms with Gasteiger partial charge in [-0.1, -0.05) is 19.9 Å². The summed E-state index contributed by atoms with van der Waals surface area (Å²) in [7, 11) is 0. The molecule has 1 aromatic heterocycles. The maximum Gasteiger partial charge on any atom is 0.255 e. The monoisotopic (exact) mass is 285 g/mol. The number of benzene rings is 1. The summed E-state index contributed by atoms with van der Waals surface area (Å²) >= 11 is 0. The number of carbonyl (C=O) groups excluding carboxylic acids is 2. The number of aromatic amines is 1. The van der Waals surface area contributed by atoms with Gasteiger partial charge in [-0.05, 0) is 24.1 Å². The van der Waals surface area contributed by atoms with Gasteiger partial charge in [-0.2, -0.15) is 0 Å². The van der Waals surface area contributed by atoms with Crippen molar-refractivity contribution in [2.75, 3.05) is 13.1 Å². The average molecular weight is 285 g/mol. The quantitative estimate of drug-likeness (QED) is 0.883. The Labute approximate surface area is 123 Å². The normalized spacial score (nSPS) is 19.1. The number of amides is 2. The smallest absolute Gasteiger partial charge is 0.255 e. The Morgan fingerprint density at radius 1 is 1.33 bits per heavy atom. The van der Waals surface area contributed by atoms with Crippen molar-refractivity contribution in [3.05, 3.63) is 36.0 Å². The van der Waals surface area contributed by atoms with E-state index >= 15 is 0 Å². The Hall–Kier alpha value is -2.30. The fraction of sp³-hybridized carbons (Fsp3) is 0.375.